The van der Waals surface area contributed by atoms with Crippen LogP contribution in [0.15, 0.2) is 23.8 Å². The number of ether oxygens (including phenoxy) is 1. The van der Waals surface area contributed by atoms with Crippen LogP contribution in [0.25, 0.3) is 0 Å². The molecule has 14 heavy (non-hydrogen) atoms. The van der Waals surface area contributed by atoms with Crippen molar-refractivity contribution in [1.82, 2.24) is 0 Å². The highest BCUT2D eigenvalue weighted by Crippen LogP contribution is 2.15. The average molecular weight is 196 g/mol. The number of rotatable bonds is 5. The van der Waals surface area contributed by atoms with Gasteiger partial charge in [0.2, 0.25) is 0 Å². The van der Waals surface area contributed by atoms with Gasteiger partial charge in [0, 0.05) is 12.8 Å². The van der Waals surface area contributed by atoms with Crippen molar-refractivity contribution in [2.75, 3.05) is 6.61 Å². The number of esters is 1. The smallest absolute Gasteiger partial charge is 0.302 e. The first-order valence-corrected chi connectivity index (χ1v) is 4.85. The van der Waals surface area contributed by atoms with E-state index in [0.29, 0.717) is 6.61 Å². The monoisotopic (exact) mass is 196 g/mol. The predicted octanol–water partition coefficient (Wildman–Crippen LogP) is 3.10. The van der Waals surface area contributed by atoms with Crippen LogP contribution in [-0.4, -0.2) is 12.6 Å². The summed E-state index contributed by atoms with van der Waals surface area (Å²) in [6, 6.07) is 0. The summed E-state index contributed by atoms with van der Waals surface area (Å²) in [6.07, 6.45) is 3.04. The molecule has 0 aromatic rings. The van der Waals surface area contributed by atoms with Gasteiger partial charge < -0.3 is 4.74 Å². The van der Waals surface area contributed by atoms with Crippen LogP contribution in [0.4, 0.5) is 0 Å². The van der Waals surface area contributed by atoms with Gasteiger partial charge in [-0.2, -0.15) is 0 Å². The highest BCUT2D eigenvalue weighted by atomic mass is 16.5. The molecule has 0 fully saturated rings. The Labute approximate surface area is 86.6 Å². The topological polar surface area (TPSA) is 26.3 Å². The van der Waals surface area contributed by atoms with E-state index in [9.17, 15) is 4.79 Å². The molecule has 0 saturated carbocycles. The molecular formula is C12H20O2. The molecule has 1 atom stereocenters. The molecule has 0 aliphatic carbocycles. The van der Waals surface area contributed by atoms with Gasteiger partial charge in [-0.1, -0.05) is 23.8 Å². The maximum Gasteiger partial charge on any atom is 0.302 e. The van der Waals surface area contributed by atoms with Crippen molar-refractivity contribution in [3.63, 3.8) is 0 Å². The summed E-state index contributed by atoms with van der Waals surface area (Å²) >= 11 is 0. The Kier molecular flexibility index (Phi) is 5.93. The molecule has 0 aromatic heterocycles. The Morgan fingerprint density at radius 1 is 1.36 bits per heavy atom. The minimum Gasteiger partial charge on any atom is -0.465 e. The van der Waals surface area contributed by atoms with Crippen molar-refractivity contribution in [3.8, 4) is 0 Å². The molecule has 80 valence electrons. The summed E-state index contributed by atoms with van der Waals surface area (Å²) in [7, 11) is 0. The van der Waals surface area contributed by atoms with Crippen molar-refractivity contribution in [2.45, 2.75) is 34.1 Å². The van der Waals surface area contributed by atoms with Crippen LogP contribution in [0.5, 0.6) is 0 Å². The summed E-state index contributed by atoms with van der Waals surface area (Å²) in [5.74, 6) is 0.0160. The first-order chi connectivity index (χ1) is 6.43. The predicted molar refractivity (Wildman–Crippen MR) is 59.0 cm³/mol. The lowest BCUT2D eigenvalue weighted by Crippen LogP contribution is -2.12. The molecule has 0 aliphatic rings. The SMILES string of the molecule is C=C(C)[C@@H](CC=C(C)C)COC(C)=O. The largest absolute Gasteiger partial charge is 0.465 e. The summed E-state index contributed by atoms with van der Waals surface area (Å²) in [6.45, 7) is 11.8. The zero-order valence-corrected chi connectivity index (χ0v) is 9.59. The van der Waals surface area contributed by atoms with Gasteiger partial charge in [-0.3, -0.25) is 4.79 Å². The average Bonchev–Trinajstić information content (AvgIpc) is 2.02. The van der Waals surface area contributed by atoms with Gasteiger partial charge in [-0.25, -0.2) is 0 Å². The maximum atomic E-state index is 10.6. The summed E-state index contributed by atoms with van der Waals surface area (Å²) < 4.78 is 4.97. The minimum absolute atomic E-state index is 0.228. The second kappa shape index (κ2) is 6.41. The molecule has 0 saturated heterocycles. The molecular weight excluding hydrogens is 176 g/mol. The zero-order chi connectivity index (χ0) is 11.1. The van der Waals surface area contributed by atoms with Gasteiger partial charge >= 0.3 is 5.97 Å². The van der Waals surface area contributed by atoms with Crippen LogP contribution in [0.2, 0.25) is 0 Å². The van der Waals surface area contributed by atoms with Gasteiger partial charge in [0.1, 0.15) is 0 Å². The Bertz CT molecular complexity index is 235. The standard InChI is InChI=1S/C12H20O2/c1-9(2)6-7-12(10(3)4)8-14-11(5)13/h6,12H,3,7-8H2,1-2,4-5H3/t12-/m0/s1. The van der Waals surface area contributed by atoms with Crippen LogP contribution in [0, 0.1) is 5.92 Å². The second-order valence-corrected chi connectivity index (χ2v) is 3.86. The van der Waals surface area contributed by atoms with Crippen molar-refractivity contribution in [3.05, 3.63) is 23.8 Å². The van der Waals surface area contributed by atoms with Crippen molar-refractivity contribution >= 4 is 5.97 Å². The molecule has 0 rings (SSSR count). The Balaban J connectivity index is 4.10. The number of hydrogen-bond acceptors (Lipinski definition) is 2. The Hall–Kier alpha value is -1.05. The molecule has 2 heteroatoms. The van der Waals surface area contributed by atoms with Crippen molar-refractivity contribution in [1.29, 1.82) is 0 Å². The lowest BCUT2D eigenvalue weighted by atomic mass is 9.98. The molecule has 0 bridgehead atoms. The highest BCUT2D eigenvalue weighted by molar-refractivity contribution is 5.65. The third kappa shape index (κ3) is 6.46. The van der Waals surface area contributed by atoms with E-state index in [1.165, 1.54) is 12.5 Å². The lowest BCUT2D eigenvalue weighted by Gasteiger charge is -2.14. The van der Waals surface area contributed by atoms with Gasteiger partial charge in [-0.05, 0) is 27.2 Å². The number of allylic oxidation sites excluding steroid dienone is 2. The third-order valence-corrected chi connectivity index (χ3v) is 2.00. The van der Waals surface area contributed by atoms with Gasteiger partial charge in [0.15, 0.2) is 0 Å². The fourth-order valence-corrected chi connectivity index (χ4v) is 1.01. The molecule has 0 heterocycles. The highest BCUT2D eigenvalue weighted by Gasteiger charge is 2.09. The van der Waals surface area contributed by atoms with E-state index in [0.717, 1.165) is 12.0 Å². The summed E-state index contributed by atoms with van der Waals surface area (Å²) in [5, 5.41) is 0. The van der Waals surface area contributed by atoms with Crippen molar-refractivity contribution < 1.29 is 9.53 Å². The van der Waals surface area contributed by atoms with E-state index in [1.54, 1.807) is 0 Å². The summed E-state index contributed by atoms with van der Waals surface area (Å²) in [5.41, 5.74) is 2.34. The Morgan fingerprint density at radius 3 is 2.29 bits per heavy atom. The van der Waals surface area contributed by atoms with Gasteiger partial charge in [0.05, 0.1) is 6.61 Å². The molecule has 0 aliphatic heterocycles. The summed E-state index contributed by atoms with van der Waals surface area (Å²) in [4.78, 5) is 10.6. The molecule has 2 nitrogen and oxygen atoms in total. The van der Waals surface area contributed by atoms with Crippen LogP contribution in [-0.2, 0) is 9.53 Å². The number of carbonyl (C=O) groups excluding carboxylic acids is 1. The molecule has 0 amide bonds. The Morgan fingerprint density at radius 2 is 1.93 bits per heavy atom. The number of carbonyl (C=O) groups is 1. The van der Waals surface area contributed by atoms with Gasteiger partial charge in [-0.15, -0.1) is 0 Å². The third-order valence-electron chi connectivity index (χ3n) is 2.00. The maximum absolute atomic E-state index is 10.6. The molecule has 0 spiro atoms. The quantitative estimate of drug-likeness (QED) is 0.499. The lowest BCUT2D eigenvalue weighted by molar-refractivity contribution is -0.141. The fraction of sp³-hybridized carbons (Fsp3) is 0.583. The minimum atomic E-state index is -0.228. The first kappa shape index (κ1) is 12.9. The molecule has 0 aromatic carbocycles. The van der Waals surface area contributed by atoms with Crippen molar-refractivity contribution in [2.24, 2.45) is 5.92 Å². The van der Waals surface area contributed by atoms with E-state index in [-0.39, 0.29) is 11.9 Å². The van der Waals surface area contributed by atoms with Gasteiger partial charge in [0.25, 0.3) is 0 Å². The molecule has 0 N–H and O–H groups in total. The van der Waals surface area contributed by atoms with E-state index in [1.807, 2.05) is 6.92 Å². The van der Waals surface area contributed by atoms with E-state index in [2.05, 4.69) is 26.5 Å². The normalized spacial score (nSPS) is 11.7. The molecule has 0 radical (unpaired) electrons. The molecule has 0 unspecified atom stereocenters. The zero-order valence-electron chi connectivity index (χ0n) is 9.59. The van der Waals surface area contributed by atoms with Crippen LogP contribution in [0.3, 0.4) is 0 Å². The fourth-order valence-electron chi connectivity index (χ4n) is 1.01. The van der Waals surface area contributed by atoms with Crippen LogP contribution in [0.1, 0.15) is 34.1 Å². The number of hydrogen-bond donors (Lipinski definition) is 0. The van der Waals surface area contributed by atoms with E-state index < -0.39 is 0 Å². The van der Waals surface area contributed by atoms with E-state index >= 15 is 0 Å². The van der Waals surface area contributed by atoms with Crippen LogP contribution >= 0.6 is 0 Å². The van der Waals surface area contributed by atoms with Crippen LogP contribution < -0.4 is 0 Å². The second-order valence-electron chi connectivity index (χ2n) is 3.86. The van der Waals surface area contributed by atoms with E-state index in [4.69, 9.17) is 4.74 Å². The first-order valence-electron chi connectivity index (χ1n) is 4.85.